The maximum Gasteiger partial charge on any atom is 0.122 e. The summed E-state index contributed by atoms with van der Waals surface area (Å²) in [6, 6.07) is 4.39. The van der Waals surface area contributed by atoms with E-state index in [1.165, 1.54) is 29.5 Å². The molecule has 1 aromatic rings. The van der Waals surface area contributed by atoms with Crippen LogP contribution in [-0.4, -0.2) is 12.6 Å². The summed E-state index contributed by atoms with van der Waals surface area (Å²) in [5, 5.41) is 0. The predicted molar refractivity (Wildman–Crippen MR) is 78.3 cm³/mol. The van der Waals surface area contributed by atoms with Crippen molar-refractivity contribution < 1.29 is 4.74 Å². The summed E-state index contributed by atoms with van der Waals surface area (Å²) in [4.78, 5) is 0. The highest BCUT2D eigenvalue weighted by Gasteiger charge is 2.10. The van der Waals surface area contributed by atoms with Gasteiger partial charge in [0.15, 0.2) is 0 Å². The summed E-state index contributed by atoms with van der Waals surface area (Å²) in [5.74, 6) is 1.02. The molecule has 0 atom stereocenters. The van der Waals surface area contributed by atoms with Gasteiger partial charge in [-0.3, -0.25) is 0 Å². The van der Waals surface area contributed by atoms with Crippen molar-refractivity contribution in [2.24, 2.45) is 5.73 Å². The van der Waals surface area contributed by atoms with E-state index in [4.69, 9.17) is 10.5 Å². The van der Waals surface area contributed by atoms with Crippen molar-refractivity contribution in [2.75, 3.05) is 7.11 Å². The average Bonchev–Trinajstić information content (AvgIpc) is 2.27. The number of aryl methyl sites for hydroxylation is 3. The van der Waals surface area contributed by atoms with Crippen LogP contribution in [0.5, 0.6) is 5.75 Å². The Balaban J connectivity index is 2.59. The van der Waals surface area contributed by atoms with Crippen molar-refractivity contribution in [3.63, 3.8) is 0 Å². The number of hydrogen-bond donors (Lipinski definition) is 1. The fourth-order valence-corrected chi connectivity index (χ4v) is 2.13. The lowest BCUT2D eigenvalue weighted by Gasteiger charge is -2.18. The number of unbranched alkanes of at least 4 members (excludes halogenated alkanes) is 1. The SMILES string of the molecule is COc1cc(C)c(C)cc1CCCCC(C)(C)N. The fourth-order valence-electron chi connectivity index (χ4n) is 2.13. The van der Waals surface area contributed by atoms with Crippen LogP contribution in [0.4, 0.5) is 0 Å². The Hall–Kier alpha value is -1.02. The molecule has 0 bridgehead atoms. The molecule has 0 heterocycles. The van der Waals surface area contributed by atoms with Crippen LogP contribution in [0.1, 0.15) is 49.8 Å². The molecule has 0 fully saturated rings. The van der Waals surface area contributed by atoms with Gasteiger partial charge in [0.05, 0.1) is 7.11 Å². The molecular weight excluding hydrogens is 222 g/mol. The van der Waals surface area contributed by atoms with E-state index in [1.807, 2.05) is 0 Å². The molecule has 2 nitrogen and oxygen atoms in total. The van der Waals surface area contributed by atoms with E-state index in [0.29, 0.717) is 0 Å². The van der Waals surface area contributed by atoms with Gasteiger partial charge in [-0.15, -0.1) is 0 Å². The summed E-state index contributed by atoms with van der Waals surface area (Å²) < 4.78 is 5.45. The number of rotatable bonds is 6. The lowest BCUT2D eigenvalue weighted by Crippen LogP contribution is -2.31. The second-order valence-electron chi connectivity index (χ2n) is 5.94. The first kappa shape index (κ1) is 15.0. The minimum atomic E-state index is -0.0483. The molecule has 0 spiro atoms. The third-order valence-corrected chi connectivity index (χ3v) is 3.41. The summed E-state index contributed by atoms with van der Waals surface area (Å²) in [6.45, 7) is 8.45. The van der Waals surface area contributed by atoms with Crippen LogP contribution < -0.4 is 10.5 Å². The topological polar surface area (TPSA) is 35.2 Å². The van der Waals surface area contributed by atoms with Crippen molar-refractivity contribution in [1.82, 2.24) is 0 Å². The van der Waals surface area contributed by atoms with E-state index in [-0.39, 0.29) is 5.54 Å². The highest BCUT2D eigenvalue weighted by atomic mass is 16.5. The molecule has 0 amide bonds. The Kier molecular flexibility index (Phi) is 5.21. The summed E-state index contributed by atoms with van der Waals surface area (Å²) in [6.07, 6.45) is 4.47. The average molecular weight is 249 g/mol. The van der Waals surface area contributed by atoms with Crippen LogP contribution in [0.25, 0.3) is 0 Å². The third-order valence-electron chi connectivity index (χ3n) is 3.41. The van der Waals surface area contributed by atoms with Crippen LogP contribution in [-0.2, 0) is 6.42 Å². The van der Waals surface area contributed by atoms with E-state index >= 15 is 0 Å². The van der Waals surface area contributed by atoms with Crippen LogP contribution in [0.2, 0.25) is 0 Å². The minimum absolute atomic E-state index is 0.0483. The Morgan fingerprint density at radius 2 is 1.72 bits per heavy atom. The molecule has 0 aliphatic heterocycles. The number of ether oxygens (including phenoxy) is 1. The zero-order chi connectivity index (χ0) is 13.8. The lowest BCUT2D eigenvalue weighted by atomic mass is 9.95. The standard InChI is InChI=1S/C16H27NO/c1-12-10-14(15(18-5)11-13(12)2)8-6-7-9-16(3,4)17/h10-11H,6-9,17H2,1-5H3. The van der Waals surface area contributed by atoms with E-state index < -0.39 is 0 Å². The largest absolute Gasteiger partial charge is 0.496 e. The van der Waals surface area contributed by atoms with E-state index in [2.05, 4.69) is 39.8 Å². The molecule has 2 N–H and O–H groups in total. The molecule has 0 aromatic heterocycles. The van der Waals surface area contributed by atoms with Crippen LogP contribution in [0.3, 0.4) is 0 Å². The molecule has 0 saturated heterocycles. The molecule has 0 aliphatic carbocycles. The predicted octanol–water partition coefficient (Wildman–Crippen LogP) is 3.76. The van der Waals surface area contributed by atoms with Gasteiger partial charge in [-0.1, -0.05) is 12.5 Å². The minimum Gasteiger partial charge on any atom is -0.496 e. The molecule has 18 heavy (non-hydrogen) atoms. The molecule has 2 heteroatoms. The van der Waals surface area contributed by atoms with Gasteiger partial charge < -0.3 is 10.5 Å². The maximum atomic E-state index is 5.99. The zero-order valence-electron chi connectivity index (χ0n) is 12.5. The smallest absolute Gasteiger partial charge is 0.122 e. The van der Waals surface area contributed by atoms with Crippen molar-refractivity contribution >= 4 is 0 Å². The highest BCUT2D eigenvalue weighted by molar-refractivity contribution is 5.41. The van der Waals surface area contributed by atoms with E-state index in [0.717, 1.165) is 18.6 Å². The van der Waals surface area contributed by atoms with Gasteiger partial charge in [-0.2, -0.15) is 0 Å². The van der Waals surface area contributed by atoms with Gasteiger partial charge in [0.1, 0.15) is 5.75 Å². The number of benzene rings is 1. The van der Waals surface area contributed by atoms with Crippen LogP contribution in [0, 0.1) is 13.8 Å². The normalized spacial score (nSPS) is 11.7. The Labute approximate surface area is 112 Å². The first-order valence-electron chi connectivity index (χ1n) is 6.76. The van der Waals surface area contributed by atoms with Crippen molar-refractivity contribution in [2.45, 2.75) is 58.9 Å². The van der Waals surface area contributed by atoms with Gasteiger partial charge in [-0.05, 0) is 69.7 Å². The van der Waals surface area contributed by atoms with Gasteiger partial charge in [0.25, 0.3) is 0 Å². The van der Waals surface area contributed by atoms with Crippen molar-refractivity contribution in [1.29, 1.82) is 0 Å². The fraction of sp³-hybridized carbons (Fsp3) is 0.625. The Bertz CT molecular complexity index is 391. The van der Waals surface area contributed by atoms with Gasteiger partial charge in [-0.25, -0.2) is 0 Å². The molecule has 0 unspecified atom stereocenters. The lowest BCUT2D eigenvalue weighted by molar-refractivity contribution is 0.406. The number of methoxy groups -OCH3 is 1. The Morgan fingerprint density at radius 3 is 2.28 bits per heavy atom. The van der Waals surface area contributed by atoms with E-state index in [9.17, 15) is 0 Å². The molecule has 1 rings (SSSR count). The highest BCUT2D eigenvalue weighted by Crippen LogP contribution is 2.25. The second kappa shape index (κ2) is 6.24. The molecular formula is C16H27NO. The van der Waals surface area contributed by atoms with Crippen LogP contribution >= 0.6 is 0 Å². The quantitative estimate of drug-likeness (QED) is 0.779. The summed E-state index contributed by atoms with van der Waals surface area (Å²) in [5.41, 5.74) is 9.89. The molecule has 1 aromatic carbocycles. The molecule has 102 valence electrons. The Morgan fingerprint density at radius 1 is 1.11 bits per heavy atom. The number of nitrogens with two attached hydrogens (primary N) is 1. The maximum absolute atomic E-state index is 5.99. The summed E-state index contributed by atoms with van der Waals surface area (Å²) >= 11 is 0. The summed E-state index contributed by atoms with van der Waals surface area (Å²) in [7, 11) is 1.75. The first-order valence-corrected chi connectivity index (χ1v) is 6.76. The molecule has 0 aliphatic rings. The van der Waals surface area contributed by atoms with E-state index in [1.54, 1.807) is 7.11 Å². The zero-order valence-corrected chi connectivity index (χ0v) is 12.5. The monoisotopic (exact) mass is 249 g/mol. The van der Waals surface area contributed by atoms with Gasteiger partial charge in [0.2, 0.25) is 0 Å². The first-order chi connectivity index (χ1) is 8.33. The third kappa shape index (κ3) is 4.69. The van der Waals surface area contributed by atoms with Crippen LogP contribution in [0.15, 0.2) is 12.1 Å². The molecule has 0 saturated carbocycles. The van der Waals surface area contributed by atoms with Crippen molar-refractivity contribution in [3.8, 4) is 5.75 Å². The van der Waals surface area contributed by atoms with Crippen molar-refractivity contribution in [3.05, 3.63) is 28.8 Å². The van der Waals surface area contributed by atoms with Gasteiger partial charge >= 0.3 is 0 Å². The van der Waals surface area contributed by atoms with Gasteiger partial charge in [0, 0.05) is 5.54 Å². The number of hydrogen-bond acceptors (Lipinski definition) is 2. The second-order valence-corrected chi connectivity index (χ2v) is 5.94. The molecule has 0 radical (unpaired) electrons.